The average Bonchev–Trinajstić information content (AvgIpc) is 3.10. The number of benzene rings is 2. The zero-order chi connectivity index (χ0) is 21.9. The predicted molar refractivity (Wildman–Crippen MR) is 117 cm³/mol. The third-order valence-electron chi connectivity index (χ3n) is 3.49. The summed E-state index contributed by atoms with van der Waals surface area (Å²) in [5.41, 5.74) is 0.475. The first-order chi connectivity index (χ1) is 14.1. The number of halogens is 2. The van der Waals surface area contributed by atoms with Gasteiger partial charge in [-0.2, -0.15) is 8.42 Å². The van der Waals surface area contributed by atoms with Crippen molar-refractivity contribution in [1.82, 2.24) is 10.2 Å². The molecule has 0 aliphatic carbocycles. The summed E-state index contributed by atoms with van der Waals surface area (Å²) in [4.78, 5) is 12.3. The molecule has 0 fully saturated rings. The topological polar surface area (TPSA) is 110 Å². The molecule has 1 aromatic heterocycles. The van der Waals surface area contributed by atoms with Gasteiger partial charge in [-0.25, -0.2) is 0 Å². The minimum Gasteiger partial charge on any atom is -0.491 e. The van der Waals surface area contributed by atoms with Crippen molar-refractivity contribution in [1.29, 1.82) is 0 Å². The molecule has 8 nitrogen and oxygen atoms in total. The zero-order valence-corrected chi connectivity index (χ0v) is 18.9. The van der Waals surface area contributed by atoms with Crippen LogP contribution in [0.25, 0.3) is 0 Å². The first-order valence-corrected chi connectivity index (χ1v) is 11.6. The van der Waals surface area contributed by atoms with Crippen LogP contribution in [0.5, 0.6) is 5.75 Å². The molecule has 12 heteroatoms. The molecular weight excluding hydrogens is 471 g/mol. The van der Waals surface area contributed by atoms with Gasteiger partial charge in [0.25, 0.3) is 20.3 Å². The van der Waals surface area contributed by atoms with Crippen LogP contribution in [0.4, 0.5) is 10.8 Å². The molecule has 0 aliphatic heterocycles. The van der Waals surface area contributed by atoms with Crippen LogP contribution in [0.1, 0.15) is 24.2 Å². The van der Waals surface area contributed by atoms with Crippen LogP contribution >= 0.6 is 34.5 Å². The van der Waals surface area contributed by atoms with Crippen LogP contribution in [0.2, 0.25) is 10.0 Å². The van der Waals surface area contributed by atoms with E-state index < -0.39 is 15.9 Å². The molecule has 2 aromatic carbocycles. The largest absolute Gasteiger partial charge is 0.491 e. The highest BCUT2D eigenvalue weighted by atomic mass is 35.5. The smallest absolute Gasteiger partial charge is 0.291 e. The van der Waals surface area contributed by atoms with Crippen molar-refractivity contribution >= 4 is 61.3 Å². The van der Waals surface area contributed by atoms with Crippen molar-refractivity contribution in [3.05, 3.63) is 58.1 Å². The van der Waals surface area contributed by atoms with E-state index in [4.69, 9.17) is 27.9 Å². The normalized spacial score (nSPS) is 11.4. The van der Waals surface area contributed by atoms with E-state index >= 15 is 0 Å². The molecule has 0 aliphatic rings. The number of hydrogen-bond acceptors (Lipinski definition) is 7. The van der Waals surface area contributed by atoms with Crippen LogP contribution < -0.4 is 14.8 Å². The standard InChI is InChI=1S/C18H16Cl2N4O4S2/c1-10(2)28-13-5-3-4-12(9-13)24-30(26,27)18-23-22-17(29-18)21-16(25)14-7-6-11(19)8-15(14)20/h3-10,24H,1-2H3,(H,21,22,25). The molecular formula is C18H16Cl2N4O4S2. The Morgan fingerprint density at radius 2 is 1.90 bits per heavy atom. The number of rotatable bonds is 7. The molecule has 1 amide bonds. The number of amides is 1. The van der Waals surface area contributed by atoms with Crippen molar-refractivity contribution in [2.24, 2.45) is 0 Å². The average molecular weight is 487 g/mol. The molecule has 0 saturated heterocycles. The number of hydrogen-bond donors (Lipinski definition) is 2. The molecule has 0 spiro atoms. The highest BCUT2D eigenvalue weighted by molar-refractivity contribution is 7.94. The van der Waals surface area contributed by atoms with Crippen LogP contribution in [-0.4, -0.2) is 30.6 Å². The Morgan fingerprint density at radius 1 is 1.13 bits per heavy atom. The summed E-state index contributed by atoms with van der Waals surface area (Å²) in [6.45, 7) is 3.73. The van der Waals surface area contributed by atoms with Gasteiger partial charge < -0.3 is 4.74 Å². The van der Waals surface area contributed by atoms with Crippen molar-refractivity contribution in [3.8, 4) is 5.75 Å². The molecule has 0 saturated carbocycles. The molecule has 158 valence electrons. The Hall–Kier alpha value is -2.40. The van der Waals surface area contributed by atoms with Gasteiger partial charge in [0, 0.05) is 11.1 Å². The minimum atomic E-state index is -4.01. The Kier molecular flexibility index (Phi) is 6.81. The fraction of sp³-hybridized carbons (Fsp3) is 0.167. The lowest BCUT2D eigenvalue weighted by Crippen LogP contribution is -2.13. The monoisotopic (exact) mass is 486 g/mol. The van der Waals surface area contributed by atoms with Crippen LogP contribution in [0.15, 0.2) is 46.8 Å². The zero-order valence-electron chi connectivity index (χ0n) is 15.7. The maximum absolute atomic E-state index is 12.6. The maximum Gasteiger partial charge on any atom is 0.291 e. The lowest BCUT2D eigenvalue weighted by Gasteiger charge is -2.11. The SMILES string of the molecule is CC(C)Oc1cccc(NS(=O)(=O)c2nnc(NC(=O)c3ccc(Cl)cc3Cl)s2)c1. The maximum atomic E-state index is 12.6. The van der Waals surface area contributed by atoms with Gasteiger partial charge in [-0.15, -0.1) is 10.2 Å². The summed E-state index contributed by atoms with van der Waals surface area (Å²) in [6, 6.07) is 10.9. The number of carbonyl (C=O) groups excluding carboxylic acids is 1. The van der Waals surface area contributed by atoms with E-state index in [-0.39, 0.29) is 26.2 Å². The van der Waals surface area contributed by atoms with Gasteiger partial charge >= 0.3 is 0 Å². The van der Waals surface area contributed by atoms with E-state index in [0.29, 0.717) is 27.8 Å². The summed E-state index contributed by atoms with van der Waals surface area (Å²) < 4.78 is 32.9. The van der Waals surface area contributed by atoms with Gasteiger partial charge in [-0.3, -0.25) is 14.8 Å². The fourth-order valence-electron chi connectivity index (χ4n) is 2.31. The minimum absolute atomic E-state index is 0.00304. The van der Waals surface area contributed by atoms with Crippen LogP contribution in [-0.2, 0) is 10.0 Å². The summed E-state index contributed by atoms with van der Waals surface area (Å²) >= 11 is 12.5. The van der Waals surface area contributed by atoms with Gasteiger partial charge in [0.2, 0.25) is 5.13 Å². The van der Waals surface area contributed by atoms with E-state index in [9.17, 15) is 13.2 Å². The summed E-state index contributed by atoms with van der Waals surface area (Å²) in [5, 5.41) is 10.4. The van der Waals surface area contributed by atoms with E-state index in [2.05, 4.69) is 20.2 Å². The molecule has 3 rings (SSSR count). The van der Waals surface area contributed by atoms with E-state index in [1.165, 1.54) is 18.2 Å². The third kappa shape index (κ3) is 5.60. The molecule has 0 bridgehead atoms. The van der Waals surface area contributed by atoms with Crippen LogP contribution in [0, 0.1) is 0 Å². The molecule has 0 radical (unpaired) electrons. The number of nitrogens with zero attached hydrogens (tertiary/aromatic N) is 2. The molecule has 30 heavy (non-hydrogen) atoms. The van der Waals surface area contributed by atoms with Crippen molar-refractivity contribution in [2.75, 3.05) is 10.0 Å². The van der Waals surface area contributed by atoms with E-state index in [0.717, 1.165) is 0 Å². The first-order valence-electron chi connectivity index (χ1n) is 8.53. The Labute approximate surface area is 187 Å². The van der Waals surface area contributed by atoms with Gasteiger partial charge in [0.15, 0.2) is 0 Å². The fourth-order valence-corrected chi connectivity index (χ4v) is 4.75. The van der Waals surface area contributed by atoms with Crippen molar-refractivity contribution in [3.63, 3.8) is 0 Å². The lowest BCUT2D eigenvalue weighted by atomic mass is 10.2. The highest BCUT2D eigenvalue weighted by Crippen LogP contribution is 2.26. The van der Waals surface area contributed by atoms with Gasteiger partial charge in [0.05, 0.1) is 22.4 Å². The van der Waals surface area contributed by atoms with Crippen LogP contribution in [0.3, 0.4) is 0 Å². The third-order valence-corrected chi connectivity index (χ3v) is 6.63. The van der Waals surface area contributed by atoms with Gasteiger partial charge in [-0.1, -0.05) is 40.6 Å². The molecule has 2 N–H and O–H groups in total. The second-order valence-electron chi connectivity index (χ2n) is 6.25. The molecule has 1 heterocycles. The van der Waals surface area contributed by atoms with Gasteiger partial charge in [0.1, 0.15) is 5.75 Å². The molecule has 3 aromatic rings. The van der Waals surface area contributed by atoms with Crippen molar-refractivity contribution in [2.45, 2.75) is 24.3 Å². The number of aromatic nitrogens is 2. The lowest BCUT2D eigenvalue weighted by molar-refractivity contribution is 0.102. The Bertz CT molecular complexity index is 1180. The number of ether oxygens (including phenoxy) is 1. The quantitative estimate of drug-likeness (QED) is 0.468. The van der Waals surface area contributed by atoms with Crippen molar-refractivity contribution < 1.29 is 17.9 Å². The van der Waals surface area contributed by atoms with E-state index in [1.807, 2.05) is 13.8 Å². The number of anilines is 2. The summed E-state index contributed by atoms with van der Waals surface area (Å²) in [6.07, 6.45) is -0.0552. The van der Waals surface area contributed by atoms with Gasteiger partial charge in [-0.05, 0) is 44.2 Å². The highest BCUT2D eigenvalue weighted by Gasteiger charge is 2.22. The molecule has 0 atom stereocenters. The predicted octanol–water partition coefficient (Wildman–Crippen LogP) is 4.69. The second kappa shape index (κ2) is 9.17. The Morgan fingerprint density at radius 3 is 2.60 bits per heavy atom. The Balaban J connectivity index is 1.74. The first kappa shape index (κ1) is 22.3. The van der Waals surface area contributed by atoms with E-state index in [1.54, 1.807) is 24.3 Å². The number of nitrogens with one attached hydrogen (secondary N) is 2. The summed E-state index contributed by atoms with van der Waals surface area (Å²) in [5.74, 6) is -0.0430. The number of sulfonamides is 1. The second-order valence-corrected chi connectivity index (χ2v) is 9.93. The number of carbonyl (C=O) groups is 1. The molecule has 0 unspecified atom stereocenters. The summed E-state index contributed by atoms with van der Waals surface area (Å²) in [7, 11) is -4.01.